The van der Waals surface area contributed by atoms with Crippen LogP contribution in [0.1, 0.15) is 49.8 Å². The molecule has 0 unspecified atom stereocenters. The topological polar surface area (TPSA) is 62.2 Å². The monoisotopic (exact) mass is 274 g/mol. The third-order valence-electron chi connectivity index (χ3n) is 4.62. The first-order valence-corrected chi connectivity index (χ1v) is 7.69. The fraction of sp³-hybridized carbons (Fsp3) is 0.625. The summed E-state index contributed by atoms with van der Waals surface area (Å²) in [6.45, 7) is 0. The Balaban J connectivity index is 1.60. The quantitative estimate of drug-likeness (QED) is 0.889. The van der Waals surface area contributed by atoms with Crippen molar-refractivity contribution in [3.63, 3.8) is 0 Å². The first-order chi connectivity index (χ1) is 9.72. The Morgan fingerprint density at radius 2 is 1.95 bits per heavy atom. The molecule has 0 spiro atoms. The Labute approximate surface area is 119 Å². The average Bonchev–Trinajstić information content (AvgIpc) is 2.48. The first-order valence-electron chi connectivity index (χ1n) is 7.69. The highest BCUT2D eigenvalue weighted by atomic mass is 16.4. The standard InChI is InChI=1S/C16H22N2O2/c19-16(20)11-5-7-13(8-6-11)18-14-9-12-3-1-2-4-15(12)17-10-14/h9-11,13,18H,1-8H2,(H,19,20). The van der Waals surface area contributed by atoms with Crippen molar-refractivity contribution in [2.24, 2.45) is 5.92 Å². The molecule has 4 heteroatoms. The second-order valence-electron chi connectivity index (χ2n) is 6.07. The number of aromatic nitrogens is 1. The van der Waals surface area contributed by atoms with E-state index in [1.54, 1.807) is 0 Å². The maximum absolute atomic E-state index is 10.9. The molecule has 3 rings (SSSR count). The van der Waals surface area contributed by atoms with Crippen LogP contribution >= 0.6 is 0 Å². The van der Waals surface area contributed by atoms with Crippen molar-refractivity contribution in [1.29, 1.82) is 0 Å². The van der Waals surface area contributed by atoms with Gasteiger partial charge in [0.05, 0.1) is 17.8 Å². The molecule has 1 aromatic heterocycles. The van der Waals surface area contributed by atoms with Gasteiger partial charge in [0.15, 0.2) is 0 Å². The summed E-state index contributed by atoms with van der Waals surface area (Å²) in [6, 6.07) is 2.64. The van der Waals surface area contributed by atoms with Gasteiger partial charge in [0.2, 0.25) is 0 Å². The van der Waals surface area contributed by atoms with Gasteiger partial charge in [-0.2, -0.15) is 0 Å². The first kappa shape index (κ1) is 13.4. The van der Waals surface area contributed by atoms with Gasteiger partial charge in [0.1, 0.15) is 0 Å². The second kappa shape index (κ2) is 5.81. The van der Waals surface area contributed by atoms with Crippen molar-refractivity contribution in [1.82, 2.24) is 4.98 Å². The lowest BCUT2D eigenvalue weighted by Crippen LogP contribution is -2.29. The summed E-state index contributed by atoms with van der Waals surface area (Å²) in [7, 11) is 0. The number of rotatable bonds is 3. The molecule has 0 aromatic carbocycles. The van der Waals surface area contributed by atoms with E-state index in [9.17, 15) is 4.79 Å². The average molecular weight is 274 g/mol. The summed E-state index contributed by atoms with van der Waals surface area (Å²) in [4.78, 5) is 15.5. The van der Waals surface area contributed by atoms with Crippen LogP contribution in [-0.2, 0) is 17.6 Å². The predicted molar refractivity (Wildman–Crippen MR) is 77.9 cm³/mol. The molecule has 1 saturated carbocycles. The van der Waals surface area contributed by atoms with Crippen LogP contribution in [0.4, 0.5) is 5.69 Å². The maximum Gasteiger partial charge on any atom is 0.306 e. The van der Waals surface area contributed by atoms with Crippen LogP contribution in [0.2, 0.25) is 0 Å². The molecule has 2 aliphatic rings. The lowest BCUT2D eigenvalue weighted by molar-refractivity contribution is -0.142. The van der Waals surface area contributed by atoms with E-state index >= 15 is 0 Å². The van der Waals surface area contributed by atoms with E-state index in [0.717, 1.165) is 44.2 Å². The number of carboxylic acid groups (broad SMARTS) is 1. The Morgan fingerprint density at radius 1 is 1.20 bits per heavy atom. The van der Waals surface area contributed by atoms with Gasteiger partial charge in [0, 0.05) is 11.7 Å². The number of pyridine rings is 1. The lowest BCUT2D eigenvalue weighted by atomic mass is 9.86. The maximum atomic E-state index is 10.9. The number of aliphatic carboxylic acids is 1. The largest absolute Gasteiger partial charge is 0.481 e. The SMILES string of the molecule is O=C(O)C1CCC(Nc2cnc3c(c2)CCCC3)CC1. The van der Waals surface area contributed by atoms with Crippen LogP contribution < -0.4 is 5.32 Å². The Kier molecular flexibility index (Phi) is 3.90. The molecule has 0 amide bonds. The van der Waals surface area contributed by atoms with Gasteiger partial charge >= 0.3 is 5.97 Å². The number of nitrogens with zero attached hydrogens (tertiary/aromatic N) is 1. The van der Waals surface area contributed by atoms with Crippen molar-refractivity contribution >= 4 is 11.7 Å². The molecular formula is C16H22N2O2. The zero-order valence-corrected chi connectivity index (χ0v) is 11.8. The van der Waals surface area contributed by atoms with Gasteiger partial charge in [0.25, 0.3) is 0 Å². The van der Waals surface area contributed by atoms with Crippen molar-refractivity contribution < 1.29 is 9.90 Å². The number of carboxylic acids is 1. The fourth-order valence-electron chi connectivity index (χ4n) is 3.39. The smallest absolute Gasteiger partial charge is 0.306 e. The van der Waals surface area contributed by atoms with Crippen LogP contribution in [0.3, 0.4) is 0 Å². The van der Waals surface area contributed by atoms with Gasteiger partial charge in [-0.1, -0.05) is 0 Å². The van der Waals surface area contributed by atoms with Crippen molar-refractivity contribution in [3.05, 3.63) is 23.5 Å². The number of aryl methyl sites for hydroxylation is 2. The van der Waals surface area contributed by atoms with E-state index in [4.69, 9.17) is 5.11 Å². The van der Waals surface area contributed by atoms with E-state index in [0.29, 0.717) is 6.04 Å². The molecule has 1 fully saturated rings. The normalized spacial score (nSPS) is 25.8. The summed E-state index contributed by atoms with van der Waals surface area (Å²) in [5, 5.41) is 12.6. The van der Waals surface area contributed by atoms with Crippen molar-refractivity contribution in [3.8, 4) is 0 Å². The zero-order valence-electron chi connectivity index (χ0n) is 11.8. The molecule has 0 atom stereocenters. The molecule has 0 aliphatic heterocycles. The van der Waals surface area contributed by atoms with Gasteiger partial charge < -0.3 is 10.4 Å². The Bertz CT molecular complexity index is 493. The van der Waals surface area contributed by atoms with Crippen LogP contribution in [0, 0.1) is 5.92 Å². The number of fused-ring (bicyclic) bond motifs is 1. The van der Waals surface area contributed by atoms with Gasteiger partial charge in [-0.3, -0.25) is 9.78 Å². The minimum atomic E-state index is -0.640. The summed E-state index contributed by atoms with van der Waals surface area (Å²) in [5.41, 5.74) is 3.75. The fourth-order valence-corrected chi connectivity index (χ4v) is 3.39. The van der Waals surface area contributed by atoms with Crippen molar-refractivity contribution in [2.75, 3.05) is 5.32 Å². The van der Waals surface area contributed by atoms with Crippen molar-refractivity contribution in [2.45, 2.75) is 57.4 Å². The minimum absolute atomic E-state index is 0.144. The summed E-state index contributed by atoms with van der Waals surface area (Å²) >= 11 is 0. The van der Waals surface area contributed by atoms with Gasteiger partial charge in [-0.15, -0.1) is 0 Å². The van der Waals surface area contributed by atoms with E-state index in [-0.39, 0.29) is 5.92 Å². The summed E-state index contributed by atoms with van der Waals surface area (Å²) in [5.74, 6) is -0.784. The van der Waals surface area contributed by atoms with E-state index in [1.807, 2.05) is 6.20 Å². The molecule has 1 heterocycles. The number of nitrogens with one attached hydrogen (secondary N) is 1. The molecule has 0 saturated heterocycles. The third-order valence-corrected chi connectivity index (χ3v) is 4.62. The number of hydrogen-bond donors (Lipinski definition) is 2. The predicted octanol–water partition coefficient (Wildman–Crippen LogP) is 3.02. The molecule has 0 bridgehead atoms. The molecule has 0 radical (unpaired) electrons. The molecule has 20 heavy (non-hydrogen) atoms. The number of anilines is 1. The molecule has 4 nitrogen and oxygen atoms in total. The highest BCUT2D eigenvalue weighted by Crippen LogP contribution is 2.28. The molecule has 1 aromatic rings. The van der Waals surface area contributed by atoms with Crippen LogP contribution in [0.25, 0.3) is 0 Å². The number of carbonyl (C=O) groups is 1. The summed E-state index contributed by atoms with van der Waals surface area (Å²) < 4.78 is 0. The highest BCUT2D eigenvalue weighted by molar-refractivity contribution is 5.70. The Morgan fingerprint density at radius 3 is 2.70 bits per heavy atom. The van der Waals surface area contributed by atoms with E-state index in [1.165, 1.54) is 24.1 Å². The van der Waals surface area contributed by atoms with Crippen LogP contribution in [0.15, 0.2) is 12.3 Å². The van der Waals surface area contributed by atoms with E-state index < -0.39 is 5.97 Å². The molecule has 2 N–H and O–H groups in total. The molecular weight excluding hydrogens is 252 g/mol. The minimum Gasteiger partial charge on any atom is -0.481 e. The third kappa shape index (κ3) is 2.94. The highest BCUT2D eigenvalue weighted by Gasteiger charge is 2.25. The van der Waals surface area contributed by atoms with E-state index in [2.05, 4.69) is 16.4 Å². The van der Waals surface area contributed by atoms with Gasteiger partial charge in [-0.05, 0) is 63.0 Å². The zero-order chi connectivity index (χ0) is 13.9. The number of hydrogen-bond acceptors (Lipinski definition) is 3. The Hall–Kier alpha value is -1.58. The molecule has 2 aliphatic carbocycles. The second-order valence-corrected chi connectivity index (χ2v) is 6.07. The van der Waals surface area contributed by atoms with Crippen LogP contribution in [-0.4, -0.2) is 22.1 Å². The molecule has 108 valence electrons. The van der Waals surface area contributed by atoms with Crippen LogP contribution in [0.5, 0.6) is 0 Å². The summed E-state index contributed by atoms with van der Waals surface area (Å²) in [6.07, 6.45) is 10.2. The lowest BCUT2D eigenvalue weighted by Gasteiger charge is -2.28. The van der Waals surface area contributed by atoms with Gasteiger partial charge in [-0.25, -0.2) is 0 Å².